The molecule has 1 aliphatic rings. The van der Waals surface area contributed by atoms with Crippen LogP contribution in [-0.4, -0.2) is 52.9 Å². The number of aliphatic imine (C=N–C) groups is 1. The summed E-state index contributed by atoms with van der Waals surface area (Å²) in [6, 6.07) is 8.40. The van der Waals surface area contributed by atoms with Crippen LogP contribution in [0, 0.1) is 0 Å². The average molecular weight is 518 g/mol. The van der Waals surface area contributed by atoms with Crippen molar-refractivity contribution in [2.24, 2.45) is 4.99 Å². The van der Waals surface area contributed by atoms with Crippen LogP contribution in [-0.2, 0) is 13.0 Å². The van der Waals surface area contributed by atoms with E-state index in [1.54, 1.807) is 6.33 Å². The van der Waals surface area contributed by atoms with Crippen molar-refractivity contribution in [3.63, 3.8) is 0 Å². The van der Waals surface area contributed by atoms with Crippen molar-refractivity contribution in [3.05, 3.63) is 41.4 Å². The lowest BCUT2D eigenvalue weighted by molar-refractivity contribution is 0.634. The van der Waals surface area contributed by atoms with Gasteiger partial charge in [0, 0.05) is 49.4 Å². The highest BCUT2D eigenvalue weighted by Crippen LogP contribution is 2.23. The standard InChI is InChI=1S/C19H28ClN7.HI/c1-3-18-25-23-14-27(18)11-9-22-19(21-4-2)24-16-8-10-26(13-16)17-7-5-6-15(20)12-17;/h5-7,12,14,16H,3-4,8-11,13H2,1-2H3,(H2,21,22,24);1H. The minimum absolute atomic E-state index is 0. The Morgan fingerprint density at radius 3 is 2.96 bits per heavy atom. The Hall–Kier alpha value is -1.55. The predicted octanol–water partition coefficient (Wildman–Crippen LogP) is 2.95. The molecule has 1 atom stereocenters. The summed E-state index contributed by atoms with van der Waals surface area (Å²) in [5, 5.41) is 15.8. The van der Waals surface area contributed by atoms with Gasteiger partial charge in [-0.2, -0.15) is 0 Å². The summed E-state index contributed by atoms with van der Waals surface area (Å²) in [7, 11) is 0. The first-order chi connectivity index (χ1) is 13.2. The van der Waals surface area contributed by atoms with Gasteiger partial charge >= 0.3 is 0 Å². The zero-order valence-electron chi connectivity index (χ0n) is 16.4. The number of hydrogen-bond acceptors (Lipinski definition) is 4. The summed E-state index contributed by atoms with van der Waals surface area (Å²) in [4.78, 5) is 7.08. The Morgan fingerprint density at radius 1 is 1.36 bits per heavy atom. The van der Waals surface area contributed by atoms with Crippen molar-refractivity contribution < 1.29 is 0 Å². The van der Waals surface area contributed by atoms with Crippen LogP contribution in [0.2, 0.25) is 5.02 Å². The fourth-order valence-electron chi connectivity index (χ4n) is 3.31. The van der Waals surface area contributed by atoms with E-state index in [0.29, 0.717) is 12.6 Å². The van der Waals surface area contributed by atoms with Crippen molar-refractivity contribution in [2.75, 3.05) is 31.1 Å². The van der Waals surface area contributed by atoms with Gasteiger partial charge in [0.1, 0.15) is 12.2 Å². The van der Waals surface area contributed by atoms with Gasteiger partial charge < -0.3 is 20.1 Å². The fourth-order valence-corrected chi connectivity index (χ4v) is 3.49. The number of hydrogen-bond donors (Lipinski definition) is 2. The molecule has 1 fully saturated rings. The van der Waals surface area contributed by atoms with Crippen LogP contribution in [0.25, 0.3) is 0 Å². The zero-order valence-corrected chi connectivity index (χ0v) is 19.5. The molecule has 0 spiro atoms. The van der Waals surface area contributed by atoms with Gasteiger partial charge in [-0.05, 0) is 31.5 Å². The largest absolute Gasteiger partial charge is 0.369 e. The molecular formula is C19H29ClIN7. The van der Waals surface area contributed by atoms with Gasteiger partial charge in [-0.25, -0.2) is 0 Å². The maximum atomic E-state index is 6.12. The van der Waals surface area contributed by atoms with Gasteiger partial charge in [-0.3, -0.25) is 4.99 Å². The third kappa shape index (κ3) is 6.23. The van der Waals surface area contributed by atoms with Crippen molar-refractivity contribution in [3.8, 4) is 0 Å². The number of guanidine groups is 1. The number of rotatable bonds is 7. The molecule has 1 aromatic carbocycles. The van der Waals surface area contributed by atoms with Crippen LogP contribution >= 0.6 is 35.6 Å². The molecule has 0 aliphatic carbocycles. The molecular weight excluding hydrogens is 489 g/mol. The molecule has 28 heavy (non-hydrogen) atoms. The van der Waals surface area contributed by atoms with Crippen molar-refractivity contribution in [2.45, 2.75) is 39.3 Å². The molecule has 1 unspecified atom stereocenters. The average Bonchev–Trinajstić information content (AvgIpc) is 3.31. The summed E-state index contributed by atoms with van der Waals surface area (Å²) in [6.45, 7) is 8.43. The summed E-state index contributed by atoms with van der Waals surface area (Å²) in [6.07, 6.45) is 3.72. The number of aromatic nitrogens is 3. The fraction of sp³-hybridized carbons (Fsp3) is 0.526. The maximum Gasteiger partial charge on any atom is 0.191 e. The molecule has 2 N–H and O–H groups in total. The van der Waals surface area contributed by atoms with Crippen molar-refractivity contribution >= 4 is 47.2 Å². The van der Waals surface area contributed by atoms with E-state index >= 15 is 0 Å². The van der Waals surface area contributed by atoms with E-state index in [0.717, 1.165) is 55.8 Å². The van der Waals surface area contributed by atoms with E-state index in [1.165, 1.54) is 5.69 Å². The van der Waals surface area contributed by atoms with Crippen LogP contribution in [0.15, 0.2) is 35.6 Å². The smallest absolute Gasteiger partial charge is 0.191 e. The first-order valence-corrected chi connectivity index (χ1v) is 9.99. The van der Waals surface area contributed by atoms with Gasteiger partial charge in [0.2, 0.25) is 0 Å². The monoisotopic (exact) mass is 517 g/mol. The second-order valence-electron chi connectivity index (χ2n) is 6.61. The van der Waals surface area contributed by atoms with E-state index in [2.05, 4.69) is 50.2 Å². The van der Waals surface area contributed by atoms with E-state index in [1.807, 2.05) is 18.2 Å². The molecule has 7 nitrogen and oxygen atoms in total. The highest BCUT2D eigenvalue weighted by molar-refractivity contribution is 14.0. The number of halogens is 2. The van der Waals surface area contributed by atoms with Crippen LogP contribution in [0.5, 0.6) is 0 Å². The quantitative estimate of drug-likeness (QED) is 0.336. The van der Waals surface area contributed by atoms with E-state index in [4.69, 9.17) is 16.6 Å². The van der Waals surface area contributed by atoms with Crippen molar-refractivity contribution in [1.29, 1.82) is 0 Å². The molecule has 2 aromatic rings. The third-order valence-electron chi connectivity index (χ3n) is 4.67. The number of aryl methyl sites for hydroxylation is 1. The normalized spacial score (nSPS) is 16.8. The van der Waals surface area contributed by atoms with Gasteiger partial charge in [-0.15, -0.1) is 34.2 Å². The first-order valence-electron chi connectivity index (χ1n) is 9.61. The van der Waals surface area contributed by atoms with Crippen molar-refractivity contribution in [1.82, 2.24) is 25.4 Å². The molecule has 0 radical (unpaired) electrons. The van der Waals surface area contributed by atoms with Gasteiger partial charge in [0.05, 0.1) is 6.54 Å². The SMILES string of the molecule is CCNC(=NCCn1cnnc1CC)NC1CCN(c2cccc(Cl)c2)C1.I. The van der Waals surface area contributed by atoms with Crippen LogP contribution in [0.3, 0.4) is 0 Å². The Morgan fingerprint density at radius 2 is 2.21 bits per heavy atom. The Bertz CT molecular complexity index is 764. The summed E-state index contributed by atoms with van der Waals surface area (Å²) >= 11 is 6.12. The lowest BCUT2D eigenvalue weighted by Gasteiger charge is -2.20. The highest BCUT2D eigenvalue weighted by atomic mass is 127. The Kier molecular flexibility index (Phi) is 9.30. The molecule has 2 heterocycles. The molecule has 1 saturated heterocycles. The molecule has 0 bridgehead atoms. The first kappa shape index (κ1) is 22.7. The molecule has 0 saturated carbocycles. The number of nitrogens with one attached hydrogen (secondary N) is 2. The topological polar surface area (TPSA) is 70.4 Å². The maximum absolute atomic E-state index is 6.12. The predicted molar refractivity (Wildman–Crippen MR) is 126 cm³/mol. The molecule has 3 rings (SSSR count). The highest BCUT2D eigenvalue weighted by Gasteiger charge is 2.23. The molecule has 1 aromatic heterocycles. The van der Waals surface area contributed by atoms with Gasteiger partial charge in [0.25, 0.3) is 0 Å². The van der Waals surface area contributed by atoms with Crippen LogP contribution < -0.4 is 15.5 Å². The Labute approximate surface area is 189 Å². The second kappa shape index (κ2) is 11.5. The summed E-state index contributed by atoms with van der Waals surface area (Å²) in [5.41, 5.74) is 1.17. The number of benzene rings is 1. The number of nitrogens with zero attached hydrogens (tertiary/aromatic N) is 5. The minimum Gasteiger partial charge on any atom is -0.369 e. The number of anilines is 1. The summed E-state index contributed by atoms with van der Waals surface area (Å²) in [5.74, 6) is 1.86. The zero-order chi connectivity index (χ0) is 19.1. The summed E-state index contributed by atoms with van der Waals surface area (Å²) < 4.78 is 2.06. The van der Waals surface area contributed by atoms with Gasteiger partial charge in [0.15, 0.2) is 5.96 Å². The lowest BCUT2D eigenvalue weighted by Crippen LogP contribution is -2.44. The molecule has 1 aliphatic heterocycles. The van der Waals surface area contributed by atoms with Crippen LogP contribution in [0.4, 0.5) is 5.69 Å². The molecule has 154 valence electrons. The van der Waals surface area contributed by atoms with E-state index in [-0.39, 0.29) is 24.0 Å². The lowest BCUT2D eigenvalue weighted by atomic mass is 10.3. The third-order valence-corrected chi connectivity index (χ3v) is 4.90. The minimum atomic E-state index is 0. The van der Waals surface area contributed by atoms with Gasteiger partial charge in [-0.1, -0.05) is 24.6 Å². The second-order valence-corrected chi connectivity index (χ2v) is 7.05. The van der Waals surface area contributed by atoms with Crippen LogP contribution in [0.1, 0.15) is 26.1 Å². The Balaban J connectivity index is 0.00000280. The van der Waals surface area contributed by atoms with E-state index < -0.39 is 0 Å². The van der Waals surface area contributed by atoms with E-state index in [9.17, 15) is 0 Å². The molecule has 9 heteroatoms. The molecule has 0 amide bonds.